The van der Waals surface area contributed by atoms with Crippen LogP contribution in [-0.4, -0.2) is 16.2 Å². The van der Waals surface area contributed by atoms with Gasteiger partial charge in [0.25, 0.3) is 0 Å². The van der Waals surface area contributed by atoms with Crippen LogP contribution in [0.5, 0.6) is 5.88 Å². The van der Waals surface area contributed by atoms with Crippen molar-refractivity contribution in [3.05, 3.63) is 10.9 Å². The van der Waals surface area contributed by atoms with Gasteiger partial charge in [0.2, 0.25) is 5.88 Å². The van der Waals surface area contributed by atoms with Crippen LogP contribution in [0.4, 0.5) is 4.79 Å². The molecule has 9 heavy (non-hydrogen) atoms. The maximum Gasteiger partial charge on any atom is 0.512 e. The molecular weight excluding hydrogens is 142 g/mol. The van der Waals surface area contributed by atoms with E-state index >= 15 is 0 Å². The summed E-state index contributed by atoms with van der Waals surface area (Å²) in [6.07, 6.45) is -1.33. The quantitative estimate of drug-likeness (QED) is 0.603. The number of rotatable bonds is 1. The van der Waals surface area contributed by atoms with Crippen LogP contribution < -0.4 is 4.74 Å². The second-order valence-corrected chi connectivity index (χ2v) is 1.91. The lowest BCUT2D eigenvalue weighted by Gasteiger charge is -1.88. The predicted molar refractivity (Wildman–Crippen MR) is 30.8 cm³/mol. The first kappa shape index (κ1) is 6.03. The largest absolute Gasteiger partial charge is 0.512 e. The van der Waals surface area contributed by atoms with E-state index in [4.69, 9.17) is 5.11 Å². The fourth-order valence-electron chi connectivity index (χ4n) is 0.341. The van der Waals surface area contributed by atoms with Crippen LogP contribution in [0.3, 0.4) is 0 Å². The van der Waals surface area contributed by atoms with Crippen LogP contribution in [0.15, 0.2) is 10.9 Å². The Labute approximate surface area is 54.7 Å². The van der Waals surface area contributed by atoms with E-state index in [0.717, 1.165) is 0 Å². The van der Waals surface area contributed by atoms with Gasteiger partial charge in [0.15, 0.2) is 0 Å². The lowest BCUT2D eigenvalue weighted by molar-refractivity contribution is 0.143. The summed E-state index contributed by atoms with van der Waals surface area (Å²) in [5.74, 6) is 0.132. The van der Waals surface area contributed by atoms with Gasteiger partial charge in [-0.1, -0.05) is 0 Å². The first-order chi connectivity index (χ1) is 4.29. The maximum atomic E-state index is 9.81. The Morgan fingerprint density at radius 2 is 2.67 bits per heavy atom. The van der Waals surface area contributed by atoms with Gasteiger partial charge in [0.05, 0.1) is 10.9 Å². The molecule has 0 aromatic carbocycles. The third-order valence-electron chi connectivity index (χ3n) is 0.602. The van der Waals surface area contributed by atoms with Crippen molar-refractivity contribution in [1.82, 2.24) is 4.98 Å². The molecule has 0 spiro atoms. The molecule has 5 heteroatoms. The van der Waals surface area contributed by atoms with Crippen LogP contribution in [0.25, 0.3) is 0 Å². The molecule has 0 radical (unpaired) electrons. The standard InChI is InChI=1S/C4H3NO3S/c6-4(7)8-3-1-9-2-5-3/h1-2H,(H,6,7). The monoisotopic (exact) mass is 145 g/mol. The highest BCUT2D eigenvalue weighted by Crippen LogP contribution is 2.08. The minimum atomic E-state index is -1.33. The second-order valence-electron chi connectivity index (χ2n) is 1.19. The molecule has 0 aliphatic heterocycles. The number of hydrogen-bond acceptors (Lipinski definition) is 4. The summed E-state index contributed by atoms with van der Waals surface area (Å²) in [7, 11) is 0. The molecule has 1 N–H and O–H groups in total. The zero-order valence-electron chi connectivity index (χ0n) is 4.27. The SMILES string of the molecule is O=C(O)Oc1cscn1. The van der Waals surface area contributed by atoms with E-state index < -0.39 is 6.16 Å². The van der Waals surface area contributed by atoms with E-state index in [2.05, 4.69) is 9.72 Å². The highest BCUT2D eigenvalue weighted by Gasteiger charge is 1.99. The Kier molecular flexibility index (Phi) is 1.64. The number of carboxylic acid groups (broad SMARTS) is 1. The third-order valence-corrected chi connectivity index (χ3v) is 1.17. The Bertz CT molecular complexity index is 196. The van der Waals surface area contributed by atoms with Crippen molar-refractivity contribution in [2.24, 2.45) is 0 Å². The van der Waals surface area contributed by atoms with Crippen molar-refractivity contribution in [3.8, 4) is 5.88 Å². The van der Waals surface area contributed by atoms with Crippen LogP contribution in [-0.2, 0) is 0 Å². The normalized spacial score (nSPS) is 8.89. The molecule has 0 saturated carbocycles. The number of carbonyl (C=O) groups is 1. The molecule has 1 rings (SSSR count). The Balaban J connectivity index is 2.58. The van der Waals surface area contributed by atoms with Gasteiger partial charge in [0, 0.05) is 0 Å². The van der Waals surface area contributed by atoms with Crippen molar-refractivity contribution in [1.29, 1.82) is 0 Å². The third kappa shape index (κ3) is 1.69. The van der Waals surface area contributed by atoms with Gasteiger partial charge in [-0.05, 0) is 0 Å². The first-order valence-electron chi connectivity index (χ1n) is 2.08. The summed E-state index contributed by atoms with van der Waals surface area (Å²) in [6, 6.07) is 0. The molecule has 0 saturated heterocycles. The number of thiazole rings is 1. The predicted octanol–water partition coefficient (Wildman–Crippen LogP) is 1.20. The molecule has 1 heterocycles. The number of hydrogen-bond donors (Lipinski definition) is 1. The lowest BCUT2D eigenvalue weighted by Crippen LogP contribution is -2.02. The fourth-order valence-corrected chi connectivity index (χ4v) is 0.792. The minimum Gasteiger partial charge on any atom is -0.449 e. The summed E-state index contributed by atoms with van der Waals surface area (Å²) in [5, 5.41) is 9.54. The Morgan fingerprint density at radius 1 is 1.89 bits per heavy atom. The van der Waals surface area contributed by atoms with Gasteiger partial charge in [0.1, 0.15) is 0 Å². The summed E-state index contributed by atoms with van der Waals surface area (Å²) in [5.41, 5.74) is 1.50. The van der Waals surface area contributed by atoms with E-state index in [9.17, 15) is 4.79 Å². The minimum absolute atomic E-state index is 0.132. The highest BCUT2D eigenvalue weighted by atomic mass is 32.1. The first-order valence-corrected chi connectivity index (χ1v) is 3.02. The van der Waals surface area contributed by atoms with E-state index in [0.29, 0.717) is 0 Å². The lowest BCUT2D eigenvalue weighted by atomic mass is 10.9. The molecule has 0 amide bonds. The van der Waals surface area contributed by atoms with Gasteiger partial charge in [-0.15, -0.1) is 11.3 Å². The number of aromatic nitrogens is 1. The van der Waals surface area contributed by atoms with E-state index in [-0.39, 0.29) is 5.88 Å². The molecule has 0 aliphatic rings. The van der Waals surface area contributed by atoms with Gasteiger partial charge >= 0.3 is 6.16 Å². The van der Waals surface area contributed by atoms with Crippen molar-refractivity contribution in [3.63, 3.8) is 0 Å². The average Bonchev–Trinajstić information content (AvgIpc) is 2.15. The second kappa shape index (κ2) is 2.45. The fraction of sp³-hybridized carbons (Fsp3) is 0. The van der Waals surface area contributed by atoms with Crippen LogP contribution in [0, 0.1) is 0 Å². The topological polar surface area (TPSA) is 59.4 Å². The van der Waals surface area contributed by atoms with Crippen molar-refractivity contribution >= 4 is 17.5 Å². The van der Waals surface area contributed by atoms with Gasteiger partial charge in [-0.3, -0.25) is 0 Å². The summed E-state index contributed by atoms with van der Waals surface area (Å²) in [4.78, 5) is 13.4. The molecule has 1 aromatic heterocycles. The molecular formula is C4H3NO3S. The van der Waals surface area contributed by atoms with E-state index in [1.807, 2.05) is 0 Å². The molecule has 0 unspecified atom stereocenters. The van der Waals surface area contributed by atoms with Crippen molar-refractivity contribution < 1.29 is 14.6 Å². The van der Waals surface area contributed by atoms with Crippen LogP contribution in [0.2, 0.25) is 0 Å². The van der Waals surface area contributed by atoms with Gasteiger partial charge in [-0.2, -0.15) is 0 Å². The molecule has 1 aromatic rings. The maximum absolute atomic E-state index is 9.81. The van der Waals surface area contributed by atoms with Crippen LogP contribution in [0.1, 0.15) is 0 Å². The molecule has 0 aliphatic carbocycles. The molecule has 0 atom stereocenters. The smallest absolute Gasteiger partial charge is 0.449 e. The molecule has 0 bridgehead atoms. The Morgan fingerprint density at radius 3 is 3.11 bits per heavy atom. The van der Waals surface area contributed by atoms with Crippen molar-refractivity contribution in [2.45, 2.75) is 0 Å². The average molecular weight is 145 g/mol. The molecule has 0 fully saturated rings. The van der Waals surface area contributed by atoms with E-state index in [1.165, 1.54) is 22.2 Å². The zero-order valence-corrected chi connectivity index (χ0v) is 5.09. The van der Waals surface area contributed by atoms with Crippen LogP contribution >= 0.6 is 11.3 Å². The number of ether oxygens (including phenoxy) is 1. The van der Waals surface area contributed by atoms with Crippen molar-refractivity contribution in [2.75, 3.05) is 0 Å². The number of nitrogens with zero attached hydrogens (tertiary/aromatic N) is 1. The van der Waals surface area contributed by atoms with Gasteiger partial charge in [-0.25, -0.2) is 9.78 Å². The summed E-state index contributed by atoms with van der Waals surface area (Å²) in [6.45, 7) is 0. The molecule has 4 nitrogen and oxygen atoms in total. The Hall–Kier alpha value is -1.10. The van der Waals surface area contributed by atoms with Gasteiger partial charge < -0.3 is 9.84 Å². The summed E-state index contributed by atoms with van der Waals surface area (Å²) < 4.78 is 4.17. The summed E-state index contributed by atoms with van der Waals surface area (Å²) >= 11 is 1.28. The molecule has 48 valence electrons. The van der Waals surface area contributed by atoms with E-state index in [1.54, 1.807) is 0 Å². The highest BCUT2D eigenvalue weighted by molar-refractivity contribution is 7.07. The zero-order chi connectivity index (χ0) is 6.69.